The SMILES string of the molecule is COc1ccc(N([C@H](C)C(=O)Nc2nnc(SC)s2)S(C)(=O)=O)cc1Cl. The lowest BCUT2D eigenvalue weighted by Gasteiger charge is -2.28. The molecular formula is C14H17ClN4O4S3. The highest BCUT2D eigenvalue weighted by Crippen LogP contribution is 2.31. The van der Waals surface area contributed by atoms with Crippen LogP contribution in [0, 0.1) is 0 Å². The van der Waals surface area contributed by atoms with Crippen LogP contribution in [0.25, 0.3) is 0 Å². The van der Waals surface area contributed by atoms with Crippen molar-refractivity contribution >= 4 is 61.4 Å². The average Bonchev–Trinajstić information content (AvgIpc) is 3.01. The number of carbonyl (C=O) groups is 1. The number of aromatic nitrogens is 2. The summed E-state index contributed by atoms with van der Waals surface area (Å²) in [7, 11) is -2.30. The number of ether oxygens (including phenoxy) is 1. The first-order chi connectivity index (χ1) is 12.2. The number of amides is 1. The smallest absolute Gasteiger partial charge is 0.249 e. The van der Waals surface area contributed by atoms with Gasteiger partial charge in [-0.15, -0.1) is 10.2 Å². The summed E-state index contributed by atoms with van der Waals surface area (Å²) in [5.74, 6) is -0.134. The van der Waals surface area contributed by atoms with Crippen molar-refractivity contribution in [2.24, 2.45) is 0 Å². The van der Waals surface area contributed by atoms with E-state index >= 15 is 0 Å². The normalized spacial score (nSPS) is 12.5. The minimum absolute atomic E-state index is 0.236. The first-order valence-corrected chi connectivity index (χ1v) is 11.5. The second-order valence-electron chi connectivity index (χ2n) is 5.12. The van der Waals surface area contributed by atoms with Crippen LogP contribution in [0.3, 0.4) is 0 Å². The van der Waals surface area contributed by atoms with Gasteiger partial charge in [-0.25, -0.2) is 8.42 Å². The van der Waals surface area contributed by atoms with Crippen molar-refractivity contribution in [1.82, 2.24) is 10.2 Å². The predicted molar refractivity (Wildman–Crippen MR) is 105 cm³/mol. The third-order valence-electron chi connectivity index (χ3n) is 3.29. The Balaban J connectivity index is 2.31. The van der Waals surface area contributed by atoms with E-state index in [0.717, 1.165) is 10.6 Å². The number of anilines is 2. The number of halogens is 1. The Bertz CT molecular complexity index is 903. The zero-order valence-corrected chi connectivity index (χ0v) is 17.6. The third-order valence-corrected chi connectivity index (χ3v) is 6.64. The van der Waals surface area contributed by atoms with Crippen molar-refractivity contribution in [2.45, 2.75) is 17.3 Å². The van der Waals surface area contributed by atoms with Crippen LogP contribution in [0.15, 0.2) is 22.5 Å². The van der Waals surface area contributed by atoms with E-state index in [0.29, 0.717) is 15.2 Å². The third kappa shape index (κ3) is 4.78. The lowest BCUT2D eigenvalue weighted by Crippen LogP contribution is -2.45. The van der Waals surface area contributed by atoms with Gasteiger partial charge < -0.3 is 4.74 Å². The summed E-state index contributed by atoms with van der Waals surface area (Å²) in [5.41, 5.74) is 0.253. The van der Waals surface area contributed by atoms with Gasteiger partial charge >= 0.3 is 0 Å². The van der Waals surface area contributed by atoms with Crippen molar-refractivity contribution in [2.75, 3.05) is 29.2 Å². The molecular weight excluding hydrogens is 420 g/mol. The fraction of sp³-hybridized carbons (Fsp3) is 0.357. The second kappa shape index (κ2) is 8.42. The van der Waals surface area contributed by atoms with Crippen molar-refractivity contribution in [3.63, 3.8) is 0 Å². The van der Waals surface area contributed by atoms with Gasteiger partial charge in [0, 0.05) is 0 Å². The van der Waals surface area contributed by atoms with E-state index in [2.05, 4.69) is 15.5 Å². The van der Waals surface area contributed by atoms with E-state index in [1.165, 1.54) is 55.3 Å². The lowest BCUT2D eigenvalue weighted by molar-refractivity contribution is -0.116. The Hall–Kier alpha value is -1.56. The quantitative estimate of drug-likeness (QED) is 0.525. The van der Waals surface area contributed by atoms with Crippen LogP contribution in [0.2, 0.25) is 5.02 Å². The van der Waals surface area contributed by atoms with Gasteiger partial charge in [0.25, 0.3) is 0 Å². The summed E-state index contributed by atoms with van der Waals surface area (Å²) < 4.78 is 31.3. The molecule has 0 aliphatic heterocycles. The zero-order chi connectivity index (χ0) is 19.5. The van der Waals surface area contributed by atoms with Crippen LogP contribution in [-0.4, -0.2) is 50.2 Å². The Morgan fingerprint density at radius 2 is 2.12 bits per heavy atom. The highest BCUT2D eigenvalue weighted by molar-refractivity contribution is 8.00. The predicted octanol–water partition coefficient (Wildman–Crippen LogP) is 2.72. The standard InChI is InChI=1S/C14H17ClN4O4S3/c1-8(12(20)16-13-17-18-14(24-3)25-13)19(26(4,21)22)9-5-6-11(23-2)10(15)7-9/h5-8H,1-4H3,(H,16,17,20)/t8-/m1/s1. The number of rotatable bonds is 7. The largest absolute Gasteiger partial charge is 0.495 e. The van der Waals surface area contributed by atoms with E-state index in [1.807, 2.05) is 6.26 Å². The van der Waals surface area contributed by atoms with Crippen LogP contribution in [0.5, 0.6) is 5.75 Å². The molecule has 0 aliphatic rings. The molecule has 0 radical (unpaired) electrons. The van der Waals surface area contributed by atoms with E-state index in [1.54, 1.807) is 0 Å². The minimum Gasteiger partial charge on any atom is -0.495 e. The fourth-order valence-corrected chi connectivity index (χ4v) is 4.75. The van der Waals surface area contributed by atoms with Crippen molar-refractivity contribution in [3.8, 4) is 5.75 Å². The number of nitrogens with zero attached hydrogens (tertiary/aromatic N) is 3. The molecule has 26 heavy (non-hydrogen) atoms. The monoisotopic (exact) mass is 436 g/mol. The number of sulfonamides is 1. The molecule has 0 bridgehead atoms. The first kappa shape index (κ1) is 20.7. The number of hydrogen-bond donors (Lipinski definition) is 1. The first-order valence-electron chi connectivity index (χ1n) is 7.18. The van der Waals surface area contributed by atoms with Gasteiger partial charge in [0.05, 0.1) is 24.1 Å². The van der Waals surface area contributed by atoms with E-state index in [9.17, 15) is 13.2 Å². The molecule has 1 amide bonds. The van der Waals surface area contributed by atoms with Gasteiger partial charge in [-0.05, 0) is 31.4 Å². The number of hydrogen-bond acceptors (Lipinski definition) is 8. The van der Waals surface area contributed by atoms with Gasteiger partial charge in [-0.3, -0.25) is 14.4 Å². The number of methoxy groups -OCH3 is 1. The molecule has 1 aromatic heterocycles. The highest BCUT2D eigenvalue weighted by atomic mass is 35.5. The zero-order valence-electron chi connectivity index (χ0n) is 14.4. The maximum Gasteiger partial charge on any atom is 0.249 e. The summed E-state index contributed by atoms with van der Waals surface area (Å²) in [6, 6.07) is 3.46. The van der Waals surface area contributed by atoms with E-state index in [-0.39, 0.29) is 10.7 Å². The topological polar surface area (TPSA) is 101 Å². The van der Waals surface area contributed by atoms with Crippen LogP contribution in [0.4, 0.5) is 10.8 Å². The lowest BCUT2D eigenvalue weighted by atomic mass is 10.2. The van der Waals surface area contributed by atoms with Crippen LogP contribution in [-0.2, 0) is 14.8 Å². The summed E-state index contributed by atoms with van der Waals surface area (Å²) in [4.78, 5) is 12.5. The molecule has 0 unspecified atom stereocenters. The molecule has 12 heteroatoms. The van der Waals surface area contributed by atoms with Gasteiger partial charge in [0.1, 0.15) is 11.8 Å². The number of benzene rings is 1. The summed E-state index contributed by atoms with van der Waals surface area (Å²) in [6.45, 7) is 1.48. The molecule has 2 aromatic rings. The molecule has 1 heterocycles. The van der Waals surface area contributed by atoms with E-state index in [4.69, 9.17) is 16.3 Å². The summed E-state index contributed by atoms with van der Waals surface area (Å²) >= 11 is 8.69. The number of thioether (sulfide) groups is 1. The Morgan fingerprint density at radius 3 is 2.62 bits per heavy atom. The molecule has 1 N–H and O–H groups in total. The van der Waals surface area contributed by atoms with Crippen LogP contribution in [0.1, 0.15) is 6.92 Å². The fourth-order valence-electron chi connectivity index (χ4n) is 2.15. The summed E-state index contributed by atoms with van der Waals surface area (Å²) in [6.07, 6.45) is 2.86. The second-order valence-corrected chi connectivity index (χ2v) is 9.42. The molecule has 142 valence electrons. The summed E-state index contributed by atoms with van der Waals surface area (Å²) in [5, 5.41) is 10.9. The molecule has 1 atom stereocenters. The van der Waals surface area contributed by atoms with Gasteiger partial charge in [-0.2, -0.15) is 0 Å². The molecule has 2 rings (SSSR count). The molecule has 1 aromatic carbocycles. The van der Waals surface area contributed by atoms with Crippen molar-refractivity contribution in [1.29, 1.82) is 0 Å². The maximum absolute atomic E-state index is 12.5. The molecule has 0 fully saturated rings. The average molecular weight is 437 g/mol. The highest BCUT2D eigenvalue weighted by Gasteiger charge is 2.30. The van der Waals surface area contributed by atoms with Crippen molar-refractivity contribution < 1.29 is 17.9 Å². The molecule has 8 nitrogen and oxygen atoms in total. The maximum atomic E-state index is 12.5. The van der Waals surface area contributed by atoms with E-state index < -0.39 is 22.0 Å². The molecule has 0 saturated carbocycles. The molecule has 0 saturated heterocycles. The number of nitrogens with one attached hydrogen (secondary N) is 1. The molecule has 0 aliphatic carbocycles. The van der Waals surface area contributed by atoms with Crippen molar-refractivity contribution in [3.05, 3.63) is 23.2 Å². The minimum atomic E-state index is -3.75. The molecule has 0 spiro atoms. The Labute approximate surface area is 164 Å². The van der Waals surface area contributed by atoms with Crippen LogP contribution < -0.4 is 14.4 Å². The number of carbonyl (C=O) groups excluding carboxylic acids is 1. The van der Waals surface area contributed by atoms with Gasteiger partial charge in [0.2, 0.25) is 21.1 Å². The van der Waals surface area contributed by atoms with Gasteiger partial charge in [-0.1, -0.05) is 34.7 Å². The van der Waals surface area contributed by atoms with Gasteiger partial charge in [0.15, 0.2) is 4.34 Å². The Kier molecular flexibility index (Phi) is 6.72. The Morgan fingerprint density at radius 1 is 1.42 bits per heavy atom. The van der Waals surface area contributed by atoms with Crippen LogP contribution >= 0.6 is 34.7 Å².